The number of benzene rings is 1. The molecule has 2 amide bonds. The first-order valence-electron chi connectivity index (χ1n) is 8.84. The maximum atomic E-state index is 12.7. The molecule has 0 saturated carbocycles. The fourth-order valence-corrected chi connectivity index (χ4v) is 2.98. The summed E-state index contributed by atoms with van der Waals surface area (Å²) in [5.41, 5.74) is 1.78. The van der Waals surface area contributed by atoms with Crippen LogP contribution in [0, 0.1) is 0 Å². The molecule has 2 aromatic rings. The number of hydrogen-bond acceptors (Lipinski definition) is 4. The van der Waals surface area contributed by atoms with E-state index in [1.165, 1.54) is 6.20 Å². The Hall–Kier alpha value is -2.73. The number of likely N-dealkylation sites (N-methyl/N-ethyl adjacent to an activating group) is 1. The SMILES string of the molecule is CC(NC(=O)c1cc(C(=O)N2CCN(C)CC2)ccn1)c1ccccc1. The quantitative estimate of drug-likeness (QED) is 0.914. The molecule has 1 N–H and O–H groups in total. The number of piperazine rings is 1. The van der Waals surface area contributed by atoms with Crippen molar-refractivity contribution in [3.8, 4) is 0 Å². The third-order valence-corrected chi connectivity index (χ3v) is 4.68. The zero-order chi connectivity index (χ0) is 18.5. The summed E-state index contributed by atoms with van der Waals surface area (Å²) in [7, 11) is 2.05. The first kappa shape index (κ1) is 18.1. The fraction of sp³-hybridized carbons (Fsp3) is 0.350. The van der Waals surface area contributed by atoms with E-state index >= 15 is 0 Å². The predicted molar refractivity (Wildman–Crippen MR) is 100.0 cm³/mol. The lowest BCUT2D eigenvalue weighted by atomic mass is 10.1. The van der Waals surface area contributed by atoms with Crippen molar-refractivity contribution in [3.63, 3.8) is 0 Å². The Labute approximate surface area is 153 Å². The number of hydrogen-bond donors (Lipinski definition) is 1. The van der Waals surface area contributed by atoms with Crippen LogP contribution in [-0.4, -0.2) is 59.8 Å². The average molecular weight is 352 g/mol. The van der Waals surface area contributed by atoms with E-state index in [-0.39, 0.29) is 23.6 Å². The molecule has 0 bridgehead atoms. The molecule has 1 atom stereocenters. The number of aromatic nitrogens is 1. The van der Waals surface area contributed by atoms with Gasteiger partial charge in [0.1, 0.15) is 5.69 Å². The molecule has 1 aromatic carbocycles. The van der Waals surface area contributed by atoms with E-state index in [0.717, 1.165) is 18.7 Å². The third kappa shape index (κ3) is 4.26. The van der Waals surface area contributed by atoms with Crippen LogP contribution in [0.25, 0.3) is 0 Å². The van der Waals surface area contributed by atoms with Gasteiger partial charge >= 0.3 is 0 Å². The minimum absolute atomic E-state index is 0.0503. The van der Waals surface area contributed by atoms with Gasteiger partial charge in [-0.2, -0.15) is 0 Å². The van der Waals surface area contributed by atoms with E-state index < -0.39 is 0 Å². The number of rotatable bonds is 4. The molecule has 1 fully saturated rings. The molecule has 1 aliphatic heterocycles. The lowest BCUT2D eigenvalue weighted by Crippen LogP contribution is -2.47. The van der Waals surface area contributed by atoms with Gasteiger partial charge in [0.15, 0.2) is 0 Å². The van der Waals surface area contributed by atoms with Crippen LogP contribution in [0.15, 0.2) is 48.7 Å². The van der Waals surface area contributed by atoms with Crippen molar-refractivity contribution in [2.45, 2.75) is 13.0 Å². The van der Waals surface area contributed by atoms with Crippen LogP contribution in [0.1, 0.15) is 39.4 Å². The standard InChI is InChI=1S/C20H24N4O2/c1-15(16-6-4-3-5-7-16)22-19(25)18-14-17(8-9-21-18)20(26)24-12-10-23(2)11-13-24/h3-9,14-15H,10-13H2,1-2H3,(H,22,25). The van der Waals surface area contributed by atoms with Crippen LogP contribution in [0.5, 0.6) is 0 Å². The minimum Gasteiger partial charge on any atom is -0.344 e. The van der Waals surface area contributed by atoms with E-state index in [0.29, 0.717) is 18.7 Å². The monoisotopic (exact) mass is 352 g/mol. The van der Waals surface area contributed by atoms with Gasteiger partial charge in [0.2, 0.25) is 0 Å². The lowest BCUT2D eigenvalue weighted by Gasteiger charge is -2.32. The van der Waals surface area contributed by atoms with Crippen molar-refractivity contribution in [1.82, 2.24) is 20.1 Å². The van der Waals surface area contributed by atoms with Crippen molar-refractivity contribution in [1.29, 1.82) is 0 Å². The van der Waals surface area contributed by atoms with Gasteiger partial charge in [0.25, 0.3) is 11.8 Å². The number of carbonyl (C=O) groups excluding carboxylic acids is 2. The largest absolute Gasteiger partial charge is 0.344 e. The molecule has 1 aromatic heterocycles. The molecule has 6 nitrogen and oxygen atoms in total. The van der Waals surface area contributed by atoms with Crippen LogP contribution < -0.4 is 5.32 Å². The van der Waals surface area contributed by atoms with Crippen LogP contribution in [0.3, 0.4) is 0 Å². The molecular formula is C20H24N4O2. The molecule has 2 heterocycles. The van der Waals surface area contributed by atoms with Crippen molar-refractivity contribution in [2.75, 3.05) is 33.2 Å². The average Bonchev–Trinajstić information content (AvgIpc) is 2.68. The highest BCUT2D eigenvalue weighted by Gasteiger charge is 2.21. The zero-order valence-corrected chi connectivity index (χ0v) is 15.2. The van der Waals surface area contributed by atoms with Crippen LogP contribution >= 0.6 is 0 Å². The highest BCUT2D eigenvalue weighted by atomic mass is 16.2. The normalized spacial score (nSPS) is 16.2. The molecule has 0 spiro atoms. The molecule has 6 heteroatoms. The smallest absolute Gasteiger partial charge is 0.270 e. The summed E-state index contributed by atoms with van der Waals surface area (Å²) in [5, 5.41) is 2.93. The Morgan fingerprint density at radius 2 is 1.77 bits per heavy atom. The Morgan fingerprint density at radius 1 is 1.08 bits per heavy atom. The van der Waals surface area contributed by atoms with Gasteiger partial charge in [0.05, 0.1) is 6.04 Å². The summed E-state index contributed by atoms with van der Waals surface area (Å²) in [6.45, 7) is 5.04. The summed E-state index contributed by atoms with van der Waals surface area (Å²) >= 11 is 0. The fourth-order valence-electron chi connectivity index (χ4n) is 2.98. The minimum atomic E-state index is -0.283. The summed E-state index contributed by atoms with van der Waals surface area (Å²) in [6.07, 6.45) is 1.52. The number of amides is 2. The van der Waals surface area contributed by atoms with Crippen molar-refractivity contribution < 1.29 is 9.59 Å². The topological polar surface area (TPSA) is 65.5 Å². The van der Waals surface area contributed by atoms with E-state index in [4.69, 9.17) is 0 Å². The molecule has 1 saturated heterocycles. The van der Waals surface area contributed by atoms with E-state index in [9.17, 15) is 9.59 Å². The second-order valence-electron chi connectivity index (χ2n) is 6.63. The molecule has 0 aliphatic carbocycles. The van der Waals surface area contributed by atoms with Crippen molar-refractivity contribution in [2.24, 2.45) is 0 Å². The highest BCUT2D eigenvalue weighted by Crippen LogP contribution is 2.13. The van der Waals surface area contributed by atoms with Crippen LogP contribution in [-0.2, 0) is 0 Å². The van der Waals surface area contributed by atoms with Crippen molar-refractivity contribution >= 4 is 11.8 Å². The number of nitrogens with zero attached hydrogens (tertiary/aromatic N) is 3. The summed E-state index contributed by atoms with van der Waals surface area (Å²) in [6, 6.07) is 12.8. The second kappa shape index (κ2) is 8.10. The molecular weight excluding hydrogens is 328 g/mol. The van der Waals surface area contributed by atoms with Gasteiger partial charge in [-0.15, -0.1) is 0 Å². The van der Waals surface area contributed by atoms with Gasteiger partial charge in [-0.05, 0) is 31.7 Å². The molecule has 136 valence electrons. The molecule has 1 unspecified atom stereocenters. The summed E-state index contributed by atoms with van der Waals surface area (Å²) in [4.78, 5) is 33.3. The Kier molecular flexibility index (Phi) is 5.63. The maximum Gasteiger partial charge on any atom is 0.270 e. The Balaban J connectivity index is 1.68. The zero-order valence-electron chi connectivity index (χ0n) is 15.2. The van der Waals surface area contributed by atoms with E-state index in [1.54, 1.807) is 12.1 Å². The Morgan fingerprint density at radius 3 is 2.46 bits per heavy atom. The molecule has 0 radical (unpaired) electrons. The number of nitrogens with one attached hydrogen (secondary N) is 1. The van der Waals surface area contributed by atoms with Crippen molar-refractivity contribution in [3.05, 3.63) is 65.5 Å². The third-order valence-electron chi connectivity index (χ3n) is 4.68. The van der Waals surface area contributed by atoms with Gasteiger partial charge in [-0.1, -0.05) is 30.3 Å². The molecule has 1 aliphatic rings. The highest BCUT2D eigenvalue weighted by molar-refractivity contribution is 5.98. The number of pyridine rings is 1. The van der Waals surface area contributed by atoms with Gasteiger partial charge in [-0.25, -0.2) is 0 Å². The summed E-state index contributed by atoms with van der Waals surface area (Å²) < 4.78 is 0. The van der Waals surface area contributed by atoms with Crippen LogP contribution in [0.4, 0.5) is 0 Å². The Bertz CT molecular complexity index is 770. The van der Waals surface area contributed by atoms with Gasteiger partial charge in [-0.3, -0.25) is 14.6 Å². The van der Waals surface area contributed by atoms with Crippen LogP contribution in [0.2, 0.25) is 0 Å². The van der Waals surface area contributed by atoms with E-state index in [1.807, 2.05) is 49.2 Å². The second-order valence-corrected chi connectivity index (χ2v) is 6.63. The first-order chi connectivity index (χ1) is 12.5. The predicted octanol–water partition coefficient (Wildman–Crippen LogP) is 1.96. The van der Waals surface area contributed by atoms with E-state index in [2.05, 4.69) is 15.2 Å². The number of carbonyl (C=O) groups is 2. The maximum absolute atomic E-state index is 12.7. The molecule has 3 rings (SSSR count). The lowest BCUT2D eigenvalue weighted by molar-refractivity contribution is 0.0664. The van der Waals surface area contributed by atoms with Gasteiger partial charge < -0.3 is 15.1 Å². The molecule has 26 heavy (non-hydrogen) atoms. The first-order valence-corrected chi connectivity index (χ1v) is 8.84. The summed E-state index contributed by atoms with van der Waals surface area (Å²) in [5.74, 6) is -0.333. The van der Waals surface area contributed by atoms with Gasteiger partial charge in [0, 0.05) is 37.9 Å².